The van der Waals surface area contributed by atoms with E-state index < -0.39 is 12.0 Å². The Morgan fingerprint density at radius 1 is 1.32 bits per heavy atom. The molecule has 0 aromatic rings. The van der Waals surface area contributed by atoms with E-state index in [-0.39, 0.29) is 12.1 Å². The molecule has 2 unspecified atom stereocenters. The van der Waals surface area contributed by atoms with Gasteiger partial charge < -0.3 is 15.3 Å². The summed E-state index contributed by atoms with van der Waals surface area (Å²) >= 11 is 0. The number of likely N-dealkylation sites (tertiary alicyclic amines) is 1. The van der Waals surface area contributed by atoms with Gasteiger partial charge in [-0.15, -0.1) is 0 Å². The number of urea groups is 1. The molecule has 5 nitrogen and oxygen atoms in total. The summed E-state index contributed by atoms with van der Waals surface area (Å²) in [6.07, 6.45) is 6.49. The first-order valence-corrected chi connectivity index (χ1v) is 7.40. The number of nitrogens with one attached hydrogen (secondary N) is 1. The Balaban J connectivity index is 2.64. The van der Waals surface area contributed by atoms with E-state index >= 15 is 0 Å². The van der Waals surface area contributed by atoms with Gasteiger partial charge in [-0.05, 0) is 25.7 Å². The molecule has 0 aromatic carbocycles. The molecule has 1 fully saturated rings. The summed E-state index contributed by atoms with van der Waals surface area (Å²) in [5.41, 5.74) is 0. The zero-order valence-electron chi connectivity index (χ0n) is 12.0. The normalized spacial score (nSPS) is 21.6. The summed E-state index contributed by atoms with van der Waals surface area (Å²) in [5, 5.41) is 11.8. The summed E-state index contributed by atoms with van der Waals surface area (Å²) in [6.45, 7) is 4.74. The van der Waals surface area contributed by atoms with Gasteiger partial charge in [0.25, 0.3) is 0 Å². The molecule has 2 amide bonds. The maximum atomic E-state index is 12.3. The number of hydrogen-bond donors (Lipinski definition) is 2. The zero-order chi connectivity index (χ0) is 14.3. The molecule has 2 atom stereocenters. The van der Waals surface area contributed by atoms with Crippen molar-refractivity contribution in [2.75, 3.05) is 6.54 Å². The van der Waals surface area contributed by atoms with Gasteiger partial charge in [0, 0.05) is 12.6 Å². The molecule has 0 radical (unpaired) electrons. The molecule has 2 N–H and O–H groups in total. The lowest BCUT2D eigenvalue weighted by Crippen LogP contribution is -2.51. The Hall–Kier alpha value is -1.26. The lowest BCUT2D eigenvalue weighted by atomic mass is 10.1. The van der Waals surface area contributed by atoms with Crippen molar-refractivity contribution >= 4 is 12.0 Å². The van der Waals surface area contributed by atoms with Gasteiger partial charge in [-0.2, -0.15) is 0 Å². The number of hydrogen-bond acceptors (Lipinski definition) is 2. The average Bonchev–Trinajstić information content (AvgIpc) is 2.62. The number of carboxylic acid groups (broad SMARTS) is 1. The van der Waals surface area contributed by atoms with Crippen molar-refractivity contribution in [1.29, 1.82) is 0 Å². The van der Waals surface area contributed by atoms with Crippen molar-refractivity contribution < 1.29 is 14.7 Å². The summed E-state index contributed by atoms with van der Waals surface area (Å²) in [4.78, 5) is 25.2. The lowest BCUT2D eigenvalue weighted by Gasteiger charge is -2.30. The molecular weight excluding hydrogens is 244 g/mol. The van der Waals surface area contributed by atoms with Crippen LogP contribution in [0, 0.1) is 0 Å². The van der Waals surface area contributed by atoms with Crippen LogP contribution in [0.5, 0.6) is 0 Å². The monoisotopic (exact) mass is 270 g/mol. The summed E-state index contributed by atoms with van der Waals surface area (Å²) in [7, 11) is 0. The summed E-state index contributed by atoms with van der Waals surface area (Å²) < 4.78 is 0. The first-order valence-electron chi connectivity index (χ1n) is 7.40. The van der Waals surface area contributed by atoms with Crippen LogP contribution < -0.4 is 5.32 Å². The minimum atomic E-state index is -0.946. The van der Waals surface area contributed by atoms with Crippen molar-refractivity contribution in [2.24, 2.45) is 0 Å². The Morgan fingerprint density at radius 3 is 2.63 bits per heavy atom. The van der Waals surface area contributed by atoms with Crippen molar-refractivity contribution in [3.8, 4) is 0 Å². The third-order valence-electron chi connectivity index (χ3n) is 3.78. The molecule has 0 aliphatic carbocycles. The highest BCUT2D eigenvalue weighted by molar-refractivity contribution is 5.82. The number of carbonyl (C=O) groups is 2. The van der Waals surface area contributed by atoms with Crippen LogP contribution in [0.1, 0.15) is 58.8 Å². The average molecular weight is 270 g/mol. The van der Waals surface area contributed by atoms with E-state index in [4.69, 9.17) is 5.11 Å². The number of nitrogens with zero attached hydrogens (tertiary/aromatic N) is 1. The minimum absolute atomic E-state index is 0.213. The highest BCUT2D eigenvalue weighted by atomic mass is 16.4. The third kappa shape index (κ3) is 4.73. The fourth-order valence-electron chi connectivity index (χ4n) is 2.65. The molecule has 1 aliphatic heterocycles. The van der Waals surface area contributed by atoms with Gasteiger partial charge in [0.2, 0.25) is 0 Å². The standard InChI is InChI=1S/C14H26N2O3/c1-3-8-12(13(17)18)15-14(19)16-10-7-5-6-9-11(16)4-2/h11-12H,3-10H2,1-2H3,(H,15,19)(H,17,18). The molecule has 0 aromatic heterocycles. The lowest BCUT2D eigenvalue weighted by molar-refractivity contribution is -0.139. The van der Waals surface area contributed by atoms with Crippen LogP contribution in [0.3, 0.4) is 0 Å². The van der Waals surface area contributed by atoms with Crippen LogP contribution in [0.2, 0.25) is 0 Å². The van der Waals surface area contributed by atoms with Gasteiger partial charge in [-0.3, -0.25) is 0 Å². The fourth-order valence-corrected chi connectivity index (χ4v) is 2.65. The van der Waals surface area contributed by atoms with Crippen LogP contribution in [0.25, 0.3) is 0 Å². The second-order valence-electron chi connectivity index (χ2n) is 5.23. The van der Waals surface area contributed by atoms with Crippen LogP contribution in [0.4, 0.5) is 4.79 Å². The first-order chi connectivity index (χ1) is 9.10. The van der Waals surface area contributed by atoms with E-state index in [0.717, 1.165) is 45.1 Å². The predicted octanol–water partition coefficient (Wildman–Crippen LogP) is 2.60. The highest BCUT2D eigenvalue weighted by Gasteiger charge is 2.27. The summed E-state index contributed by atoms with van der Waals surface area (Å²) in [6, 6.07) is -0.730. The molecule has 0 saturated carbocycles. The molecule has 1 rings (SSSR count). The highest BCUT2D eigenvalue weighted by Crippen LogP contribution is 2.19. The predicted molar refractivity (Wildman–Crippen MR) is 74.1 cm³/mol. The number of amides is 2. The van der Waals surface area contributed by atoms with E-state index in [9.17, 15) is 9.59 Å². The van der Waals surface area contributed by atoms with E-state index in [1.54, 1.807) is 0 Å². The maximum absolute atomic E-state index is 12.3. The van der Waals surface area contributed by atoms with Gasteiger partial charge in [0.1, 0.15) is 6.04 Å². The van der Waals surface area contributed by atoms with E-state index in [2.05, 4.69) is 12.2 Å². The van der Waals surface area contributed by atoms with Crippen LogP contribution in [-0.4, -0.2) is 40.6 Å². The van der Waals surface area contributed by atoms with Crippen LogP contribution in [-0.2, 0) is 4.79 Å². The minimum Gasteiger partial charge on any atom is -0.480 e. The first kappa shape index (κ1) is 15.8. The SMILES string of the molecule is CCCC(NC(=O)N1CCCCCC1CC)C(=O)O. The molecule has 19 heavy (non-hydrogen) atoms. The van der Waals surface area contributed by atoms with E-state index in [1.165, 1.54) is 0 Å². The molecule has 1 heterocycles. The van der Waals surface area contributed by atoms with Gasteiger partial charge >= 0.3 is 12.0 Å². The molecular formula is C14H26N2O3. The molecule has 0 bridgehead atoms. The van der Waals surface area contributed by atoms with Crippen molar-refractivity contribution in [2.45, 2.75) is 70.9 Å². The number of rotatable bonds is 5. The summed E-state index contributed by atoms with van der Waals surface area (Å²) in [5.74, 6) is -0.946. The van der Waals surface area contributed by atoms with Gasteiger partial charge in [0.15, 0.2) is 0 Å². The molecule has 1 saturated heterocycles. The quantitative estimate of drug-likeness (QED) is 0.806. The molecule has 110 valence electrons. The largest absolute Gasteiger partial charge is 0.480 e. The van der Waals surface area contributed by atoms with Crippen molar-refractivity contribution in [3.05, 3.63) is 0 Å². The van der Waals surface area contributed by atoms with Crippen LogP contribution >= 0.6 is 0 Å². The number of aliphatic carboxylic acids is 1. The fraction of sp³-hybridized carbons (Fsp3) is 0.857. The van der Waals surface area contributed by atoms with Gasteiger partial charge in [-0.25, -0.2) is 9.59 Å². The molecule has 1 aliphatic rings. The Morgan fingerprint density at radius 2 is 2.05 bits per heavy atom. The van der Waals surface area contributed by atoms with Gasteiger partial charge in [-0.1, -0.05) is 33.1 Å². The molecule has 0 spiro atoms. The molecule has 5 heteroatoms. The number of carbonyl (C=O) groups excluding carboxylic acids is 1. The van der Waals surface area contributed by atoms with Crippen molar-refractivity contribution in [1.82, 2.24) is 10.2 Å². The Bertz CT molecular complexity index is 307. The number of carboxylic acids is 1. The topological polar surface area (TPSA) is 69.6 Å². The van der Waals surface area contributed by atoms with E-state index in [1.807, 2.05) is 11.8 Å². The smallest absolute Gasteiger partial charge is 0.326 e. The third-order valence-corrected chi connectivity index (χ3v) is 3.78. The maximum Gasteiger partial charge on any atom is 0.326 e. The van der Waals surface area contributed by atoms with E-state index in [0.29, 0.717) is 6.42 Å². The Kier molecular flexibility index (Phi) is 6.67. The second-order valence-corrected chi connectivity index (χ2v) is 5.23. The zero-order valence-corrected chi connectivity index (χ0v) is 12.0. The van der Waals surface area contributed by atoms with Crippen molar-refractivity contribution in [3.63, 3.8) is 0 Å². The van der Waals surface area contributed by atoms with Gasteiger partial charge in [0.05, 0.1) is 0 Å². The second kappa shape index (κ2) is 8.02. The van der Waals surface area contributed by atoms with Crippen LogP contribution in [0.15, 0.2) is 0 Å². The Labute approximate surface area is 115 Å².